The predicted molar refractivity (Wildman–Crippen MR) is 38.9 cm³/mol. The molecule has 0 aromatic carbocycles. The SMILES string of the molecule is O=C(O)c1cc(F)cc(Br)n1. The van der Waals surface area contributed by atoms with Crippen molar-refractivity contribution >= 4 is 21.9 Å². The quantitative estimate of drug-likeness (QED) is 0.732. The molecule has 0 aliphatic heterocycles. The molecule has 0 unspecified atom stereocenters. The lowest BCUT2D eigenvalue weighted by atomic mass is 10.3. The van der Waals surface area contributed by atoms with Crippen LogP contribution in [0.25, 0.3) is 0 Å². The third kappa shape index (κ3) is 1.98. The van der Waals surface area contributed by atoms with Gasteiger partial charge in [-0.2, -0.15) is 0 Å². The summed E-state index contributed by atoms with van der Waals surface area (Å²) in [6.45, 7) is 0. The zero-order chi connectivity index (χ0) is 8.43. The number of nitrogens with zero attached hydrogens (tertiary/aromatic N) is 1. The van der Waals surface area contributed by atoms with Crippen molar-refractivity contribution in [2.45, 2.75) is 0 Å². The first-order valence-corrected chi connectivity index (χ1v) is 3.45. The van der Waals surface area contributed by atoms with Gasteiger partial charge in [0.1, 0.15) is 10.4 Å². The first kappa shape index (κ1) is 8.13. The Balaban J connectivity index is 3.19. The highest BCUT2D eigenvalue weighted by Crippen LogP contribution is 2.09. The van der Waals surface area contributed by atoms with Crippen molar-refractivity contribution in [3.63, 3.8) is 0 Å². The van der Waals surface area contributed by atoms with Crippen LogP contribution in [0.3, 0.4) is 0 Å². The van der Waals surface area contributed by atoms with E-state index in [4.69, 9.17) is 5.11 Å². The maximum Gasteiger partial charge on any atom is 0.354 e. The van der Waals surface area contributed by atoms with Crippen molar-refractivity contribution in [3.8, 4) is 0 Å². The summed E-state index contributed by atoms with van der Waals surface area (Å²) in [5, 5.41) is 8.38. The van der Waals surface area contributed by atoms with E-state index in [1.54, 1.807) is 0 Å². The third-order valence-electron chi connectivity index (χ3n) is 0.978. The zero-order valence-corrected chi connectivity index (χ0v) is 6.80. The summed E-state index contributed by atoms with van der Waals surface area (Å²) < 4.78 is 12.6. The molecule has 58 valence electrons. The van der Waals surface area contributed by atoms with Crippen LogP contribution in [0.4, 0.5) is 4.39 Å². The number of aromatic nitrogens is 1. The Bertz CT molecular complexity index is 282. The molecule has 0 aliphatic rings. The minimum absolute atomic E-state index is 0.176. The van der Waals surface area contributed by atoms with E-state index < -0.39 is 11.8 Å². The molecular formula is C6H3BrFNO2. The number of carboxylic acids is 1. The molecule has 0 bridgehead atoms. The van der Waals surface area contributed by atoms with E-state index in [1.807, 2.05) is 0 Å². The van der Waals surface area contributed by atoms with Gasteiger partial charge in [0.05, 0.1) is 0 Å². The van der Waals surface area contributed by atoms with Crippen LogP contribution in [0.15, 0.2) is 16.7 Å². The van der Waals surface area contributed by atoms with E-state index in [1.165, 1.54) is 0 Å². The summed E-state index contributed by atoms with van der Waals surface area (Å²) in [6, 6.07) is 1.94. The number of hydrogen-bond acceptors (Lipinski definition) is 2. The van der Waals surface area contributed by atoms with Gasteiger partial charge in [-0.1, -0.05) is 0 Å². The highest BCUT2D eigenvalue weighted by Gasteiger charge is 2.06. The van der Waals surface area contributed by atoms with Gasteiger partial charge in [-0.05, 0) is 15.9 Å². The second-order valence-electron chi connectivity index (χ2n) is 1.80. The standard InChI is InChI=1S/C6H3BrFNO2/c7-5-2-3(8)1-4(9-5)6(10)11/h1-2H,(H,10,11). The number of aromatic carboxylic acids is 1. The van der Waals surface area contributed by atoms with Crippen LogP contribution in [0.1, 0.15) is 10.5 Å². The molecule has 0 fully saturated rings. The molecule has 1 aromatic heterocycles. The fraction of sp³-hybridized carbons (Fsp3) is 0. The van der Waals surface area contributed by atoms with Crippen LogP contribution in [0.2, 0.25) is 0 Å². The molecule has 0 spiro atoms. The van der Waals surface area contributed by atoms with Gasteiger partial charge in [-0.3, -0.25) is 0 Å². The zero-order valence-electron chi connectivity index (χ0n) is 5.21. The van der Waals surface area contributed by atoms with Gasteiger partial charge in [0, 0.05) is 12.1 Å². The summed E-state index contributed by atoms with van der Waals surface area (Å²) >= 11 is 2.87. The molecule has 0 amide bonds. The van der Waals surface area contributed by atoms with Crippen molar-refractivity contribution in [2.75, 3.05) is 0 Å². The smallest absolute Gasteiger partial charge is 0.354 e. The Morgan fingerprint density at radius 3 is 2.73 bits per heavy atom. The van der Waals surface area contributed by atoms with Crippen LogP contribution in [-0.4, -0.2) is 16.1 Å². The Hall–Kier alpha value is -0.970. The Kier molecular flexibility index (Phi) is 2.19. The van der Waals surface area contributed by atoms with Crippen molar-refractivity contribution in [3.05, 3.63) is 28.2 Å². The molecule has 1 heterocycles. The molecule has 0 saturated carbocycles. The first-order chi connectivity index (χ1) is 5.09. The van der Waals surface area contributed by atoms with Gasteiger partial charge in [-0.15, -0.1) is 0 Å². The molecule has 1 N–H and O–H groups in total. The summed E-state index contributed by atoms with van der Waals surface area (Å²) in [6.07, 6.45) is 0. The first-order valence-electron chi connectivity index (χ1n) is 2.66. The van der Waals surface area contributed by atoms with E-state index in [0.717, 1.165) is 12.1 Å². The number of halogens is 2. The van der Waals surface area contributed by atoms with Crippen molar-refractivity contribution in [2.24, 2.45) is 0 Å². The Morgan fingerprint density at radius 2 is 2.27 bits per heavy atom. The number of pyridine rings is 1. The number of rotatable bonds is 1. The van der Waals surface area contributed by atoms with Crippen LogP contribution in [0.5, 0.6) is 0 Å². The average molecular weight is 220 g/mol. The molecular weight excluding hydrogens is 217 g/mol. The van der Waals surface area contributed by atoms with E-state index in [0.29, 0.717) is 0 Å². The van der Waals surface area contributed by atoms with Gasteiger partial charge < -0.3 is 5.11 Å². The number of carbonyl (C=O) groups is 1. The average Bonchev–Trinajstić information content (AvgIpc) is 1.85. The fourth-order valence-electron chi connectivity index (χ4n) is 0.575. The fourth-order valence-corrected chi connectivity index (χ4v) is 0.985. The third-order valence-corrected chi connectivity index (χ3v) is 1.38. The lowest BCUT2D eigenvalue weighted by Crippen LogP contribution is -2.00. The van der Waals surface area contributed by atoms with Gasteiger partial charge in [0.25, 0.3) is 0 Å². The van der Waals surface area contributed by atoms with Crippen LogP contribution < -0.4 is 0 Å². The summed E-state index contributed by atoms with van der Waals surface area (Å²) in [4.78, 5) is 13.8. The molecule has 0 atom stereocenters. The van der Waals surface area contributed by atoms with Crippen molar-refractivity contribution in [1.82, 2.24) is 4.98 Å². The van der Waals surface area contributed by atoms with E-state index in [2.05, 4.69) is 20.9 Å². The molecule has 1 rings (SSSR count). The highest BCUT2D eigenvalue weighted by atomic mass is 79.9. The maximum atomic E-state index is 12.5. The minimum atomic E-state index is -1.25. The van der Waals surface area contributed by atoms with Gasteiger partial charge in [0.2, 0.25) is 0 Å². The molecule has 0 aliphatic carbocycles. The summed E-state index contributed by atoms with van der Waals surface area (Å²) in [7, 11) is 0. The largest absolute Gasteiger partial charge is 0.477 e. The lowest BCUT2D eigenvalue weighted by Gasteiger charge is -1.94. The molecule has 1 aromatic rings. The van der Waals surface area contributed by atoms with Gasteiger partial charge >= 0.3 is 5.97 Å². The Labute approximate surface area is 70.0 Å². The molecule has 11 heavy (non-hydrogen) atoms. The molecule has 0 saturated heterocycles. The summed E-state index contributed by atoms with van der Waals surface area (Å²) in [5.41, 5.74) is -0.308. The number of hydrogen-bond donors (Lipinski definition) is 1. The molecule has 5 heteroatoms. The van der Waals surface area contributed by atoms with E-state index >= 15 is 0 Å². The second-order valence-corrected chi connectivity index (χ2v) is 2.61. The van der Waals surface area contributed by atoms with Gasteiger partial charge in [0.15, 0.2) is 5.69 Å². The van der Waals surface area contributed by atoms with Gasteiger partial charge in [-0.25, -0.2) is 14.2 Å². The van der Waals surface area contributed by atoms with Crippen molar-refractivity contribution in [1.29, 1.82) is 0 Å². The maximum absolute atomic E-state index is 12.5. The second kappa shape index (κ2) is 2.96. The lowest BCUT2D eigenvalue weighted by molar-refractivity contribution is 0.0689. The van der Waals surface area contributed by atoms with E-state index in [-0.39, 0.29) is 10.3 Å². The highest BCUT2D eigenvalue weighted by molar-refractivity contribution is 9.10. The Morgan fingerprint density at radius 1 is 1.64 bits per heavy atom. The van der Waals surface area contributed by atoms with Crippen LogP contribution in [0, 0.1) is 5.82 Å². The normalized spacial score (nSPS) is 9.64. The van der Waals surface area contributed by atoms with E-state index in [9.17, 15) is 9.18 Å². The topological polar surface area (TPSA) is 50.2 Å². The monoisotopic (exact) mass is 219 g/mol. The molecule has 0 radical (unpaired) electrons. The van der Waals surface area contributed by atoms with Crippen molar-refractivity contribution < 1.29 is 14.3 Å². The summed E-state index contributed by atoms with van der Waals surface area (Å²) in [5.74, 6) is -1.87. The molecule has 3 nitrogen and oxygen atoms in total. The minimum Gasteiger partial charge on any atom is -0.477 e. The number of carboxylic acid groups (broad SMARTS) is 1. The van der Waals surface area contributed by atoms with Crippen LogP contribution in [-0.2, 0) is 0 Å². The van der Waals surface area contributed by atoms with Crippen LogP contribution >= 0.6 is 15.9 Å². The predicted octanol–water partition coefficient (Wildman–Crippen LogP) is 1.68.